The molecule has 90 valence electrons. The molecule has 0 aromatic carbocycles. The molecular weight excluding hydrogens is 228 g/mol. The van der Waals surface area contributed by atoms with E-state index in [0.29, 0.717) is 0 Å². The van der Waals surface area contributed by atoms with Crippen molar-refractivity contribution in [2.24, 2.45) is 0 Å². The normalized spacial score (nSPS) is 14.0. The highest BCUT2D eigenvalue weighted by atomic mass is 32.2. The van der Waals surface area contributed by atoms with Crippen molar-refractivity contribution in [2.75, 3.05) is 17.6 Å². The lowest BCUT2D eigenvalue weighted by Crippen LogP contribution is -1.90. The Kier molecular flexibility index (Phi) is 4.04. The smallest absolute Gasteiger partial charge is 0.0968 e. The summed E-state index contributed by atoms with van der Waals surface area (Å²) in [6.07, 6.45) is 6.66. The molecule has 1 aromatic heterocycles. The average molecular weight is 246 g/mol. The zero-order valence-electron chi connectivity index (χ0n) is 9.78. The summed E-state index contributed by atoms with van der Waals surface area (Å²) in [5, 5.41) is 4.38. The fourth-order valence-corrected chi connectivity index (χ4v) is 2.58. The number of allylic oxidation sites excluding steroid dienone is 3. The SMILES string of the molecule is C=C/C=C(\C=C)CSc1ccc2c(n1)CCN2.[HH]. The van der Waals surface area contributed by atoms with Crippen LogP contribution in [0.25, 0.3) is 0 Å². The van der Waals surface area contributed by atoms with Gasteiger partial charge >= 0.3 is 0 Å². The highest BCUT2D eigenvalue weighted by Gasteiger charge is 2.11. The van der Waals surface area contributed by atoms with E-state index in [1.807, 2.05) is 12.2 Å². The standard InChI is InChI=1S/C14H16N2S.H2/c1-3-5-11(4-2)10-17-14-7-6-12-13(16-14)8-9-15-12;/h3-7,15H,1-2,8-10H2;1H/b11-5+;. The molecule has 17 heavy (non-hydrogen) atoms. The van der Waals surface area contributed by atoms with Crippen LogP contribution in [0.4, 0.5) is 5.69 Å². The minimum Gasteiger partial charge on any atom is -0.383 e. The molecule has 0 spiro atoms. The lowest BCUT2D eigenvalue weighted by molar-refractivity contribution is 0.993. The van der Waals surface area contributed by atoms with Gasteiger partial charge in [0.25, 0.3) is 0 Å². The second-order valence-electron chi connectivity index (χ2n) is 3.79. The molecule has 0 amide bonds. The molecule has 1 N–H and O–H groups in total. The number of fused-ring (bicyclic) bond motifs is 1. The van der Waals surface area contributed by atoms with Crippen molar-refractivity contribution >= 4 is 17.4 Å². The molecule has 2 nitrogen and oxygen atoms in total. The Morgan fingerprint density at radius 2 is 2.41 bits per heavy atom. The summed E-state index contributed by atoms with van der Waals surface area (Å²) in [4.78, 5) is 4.63. The minimum atomic E-state index is 0. The first-order valence-electron chi connectivity index (χ1n) is 5.64. The Morgan fingerprint density at radius 3 is 3.18 bits per heavy atom. The fraction of sp³-hybridized carbons (Fsp3) is 0.214. The number of nitrogens with zero attached hydrogens (tertiary/aromatic N) is 1. The second kappa shape index (κ2) is 5.73. The third kappa shape index (κ3) is 3.01. The summed E-state index contributed by atoms with van der Waals surface area (Å²) in [6.45, 7) is 8.49. The quantitative estimate of drug-likeness (QED) is 0.633. The highest BCUT2D eigenvalue weighted by molar-refractivity contribution is 7.99. The fourth-order valence-electron chi connectivity index (χ4n) is 1.71. The molecule has 2 heterocycles. The van der Waals surface area contributed by atoms with Crippen molar-refractivity contribution in [3.8, 4) is 0 Å². The molecule has 0 unspecified atom stereocenters. The summed E-state index contributed by atoms with van der Waals surface area (Å²) in [7, 11) is 0. The number of hydrogen-bond donors (Lipinski definition) is 1. The van der Waals surface area contributed by atoms with E-state index in [1.54, 1.807) is 17.8 Å². The molecule has 0 atom stereocenters. The topological polar surface area (TPSA) is 24.9 Å². The van der Waals surface area contributed by atoms with Crippen LogP contribution in [0.15, 0.2) is 54.1 Å². The Hall–Kier alpha value is -1.48. The average Bonchev–Trinajstić information content (AvgIpc) is 2.81. The maximum absolute atomic E-state index is 4.63. The van der Waals surface area contributed by atoms with Gasteiger partial charge in [-0.05, 0) is 17.7 Å². The van der Waals surface area contributed by atoms with E-state index in [0.717, 1.165) is 23.7 Å². The van der Waals surface area contributed by atoms with Gasteiger partial charge in [-0.3, -0.25) is 0 Å². The number of rotatable bonds is 5. The molecule has 1 aromatic rings. The van der Waals surface area contributed by atoms with Crippen LogP contribution in [-0.4, -0.2) is 17.3 Å². The molecule has 0 fully saturated rings. The Bertz CT molecular complexity index is 469. The summed E-state index contributed by atoms with van der Waals surface area (Å²) >= 11 is 1.73. The number of pyridine rings is 1. The number of nitrogens with one attached hydrogen (secondary N) is 1. The minimum absolute atomic E-state index is 0. The molecule has 1 aliphatic rings. The number of hydrogen-bond acceptors (Lipinski definition) is 3. The monoisotopic (exact) mass is 246 g/mol. The van der Waals surface area contributed by atoms with E-state index in [1.165, 1.54) is 17.0 Å². The van der Waals surface area contributed by atoms with E-state index >= 15 is 0 Å². The molecule has 0 aliphatic carbocycles. The second-order valence-corrected chi connectivity index (χ2v) is 4.79. The van der Waals surface area contributed by atoms with Crippen LogP contribution in [0.5, 0.6) is 0 Å². The van der Waals surface area contributed by atoms with Crippen molar-refractivity contribution < 1.29 is 1.43 Å². The maximum Gasteiger partial charge on any atom is 0.0968 e. The van der Waals surface area contributed by atoms with Crippen LogP contribution < -0.4 is 5.32 Å². The van der Waals surface area contributed by atoms with E-state index in [9.17, 15) is 0 Å². The predicted octanol–water partition coefficient (Wildman–Crippen LogP) is 3.69. The van der Waals surface area contributed by atoms with Gasteiger partial charge in [0.2, 0.25) is 0 Å². The summed E-state index contributed by atoms with van der Waals surface area (Å²) in [5.74, 6) is 0.884. The van der Waals surface area contributed by atoms with Crippen LogP contribution in [-0.2, 0) is 6.42 Å². The van der Waals surface area contributed by atoms with Crippen molar-refractivity contribution in [3.63, 3.8) is 0 Å². The molecule has 0 bridgehead atoms. The van der Waals surface area contributed by atoms with Crippen LogP contribution in [0.1, 0.15) is 7.12 Å². The molecule has 1 aliphatic heterocycles. The summed E-state index contributed by atoms with van der Waals surface area (Å²) in [5.41, 5.74) is 3.54. The Morgan fingerprint density at radius 1 is 1.53 bits per heavy atom. The molecule has 2 rings (SSSR count). The third-order valence-corrected chi connectivity index (χ3v) is 3.61. The summed E-state index contributed by atoms with van der Waals surface area (Å²) in [6, 6.07) is 4.18. The lowest BCUT2D eigenvalue weighted by Gasteiger charge is -2.04. The number of anilines is 1. The van der Waals surface area contributed by atoms with E-state index in [-0.39, 0.29) is 1.43 Å². The van der Waals surface area contributed by atoms with Gasteiger partial charge < -0.3 is 5.32 Å². The van der Waals surface area contributed by atoms with E-state index in [2.05, 4.69) is 35.6 Å². The highest BCUT2D eigenvalue weighted by Crippen LogP contribution is 2.25. The lowest BCUT2D eigenvalue weighted by atomic mass is 10.3. The molecule has 0 radical (unpaired) electrons. The van der Waals surface area contributed by atoms with Gasteiger partial charge in [-0.15, -0.1) is 11.8 Å². The maximum atomic E-state index is 4.63. The van der Waals surface area contributed by atoms with Crippen LogP contribution in [0.3, 0.4) is 0 Å². The third-order valence-electron chi connectivity index (χ3n) is 2.61. The van der Waals surface area contributed by atoms with Crippen molar-refractivity contribution in [3.05, 3.63) is 54.8 Å². The van der Waals surface area contributed by atoms with Crippen LogP contribution >= 0.6 is 11.8 Å². The van der Waals surface area contributed by atoms with E-state index in [4.69, 9.17) is 0 Å². The predicted molar refractivity (Wildman–Crippen MR) is 77.7 cm³/mol. The zero-order chi connectivity index (χ0) is 12.1. The zero-order valence-corrected chi connectivity index (χ0v) is 10.6. The van der Waals surface area contributed by atoms with Crippen molar-refractivity contribution in [2.45, 2.75) is 11.4 Å². The van der Waals surface area contributed by atoms with Gasteiger partial charge in [0, 0.05) is 20.1 Å². The van der Waals surface area contributed by atoms with Gasteiger partial charge in [0.05, 0.1) is 16.4 Å². The van der Waals surface area contributed by atoms with Gasteiger partial charge in [-0.2, -0.15) is 0 Å². The van der Waals surface area contributed by atoms with Gasteiger partial charge in [0.1, 0.15) is 0 Å². The number of aromatic nitrogens is 1. The van der Waals surface area contributed by atoms with Crippen LogP contribution in [0, 0.1) is 0 Å². The van der Waals surface area contributed by atoms with Gasteiger partial charge in [-0.25, -0.2) is 4.98 Å². The Balaban J connectivity index is 0.00000162. The molecule has 0 saturated heterocycles. The molecule has 0 saturated carbocycles. The first-order chi connectivity index (χ1) is 8.33. The van der Waals surface area contributed by atoms with Crippen molar-refractivity contribution in [1.82, 2.24) is 4.98 Å². The first kappa shape index (κ1) is 12.0. The van der Waals surface area contributed by atoms with Crippen LogP contribution in [0.2, 0.25) is 0 Å². The molecular formula is C14H18N2S. The van der Waals surface area contributed by atoms with Gasteiger partial charge in [-0.1, -0.05) is 31.4 Å². The first-order valence-corrected chi connectivity index (χ1v) is 6.62. The summed E-state index contributed by atoms with van der Waals surface area (Å²) < 4.78 is 0. The molecule has 3 heteroatoms. The van der Waals surface area contributed by atoms with E-state index < -0.39 is 0 Å². The number of thioether (sulfide) groups is 1. The van der Waals surface area contributed by atoms with Gasteiger partial charge in [0.15, 0.2) is 0 Å². The Labute approximate surface area is 108 Å². The largest absolute Gasteiger partial charge is 0.383 e. The van der Waals surface area contributed by atoms with Crippen molar-refractivity contribution in [1.29, 1.82) is 0 Å².